The Labute approximate surface area is 104 Å². The lowest BCUT2D eigenvalue weighted by atomic mass is 9.99. The number of hydrogen-bond donors (Lipinski definition) is 0. The smallest absolute Gasteiger partial charge is 0.320 e. The summed E-state index contributed by atoms with van der Waals surface area (Å²) in [5.41, 5.74) is 0. The van der Waals surface area contributed by atoms with E-state index in [1.165, 1.54) is 0 Å². The van der Waals surface area contributed by atoms with E-state index in [0.717, 1.165) is 44.9 Å². The summed E-state index contributed by atoms with van der Waals surface area (Å²) in [6.45, 7) is 6.91. The number of rotatable bonds is 1. The van der Waals surface area contributed by atoms with Crippen LogP contribution in [0.2, 0.25) is 0 Å². The molecule has 4 heteroatoms. The molecule has 0 N–H and O–H groups in total. The van der Waals surface area contributed by atoms with Gasteiger partial charge in [-0.2, -0.15) is 0 Å². The molecule has 0 saturated carbocycles. The zero-order valence-corrected chi connectivity index (χ0v) is 11.2. The molecule has 2 aliphatic heterocycles. The van der Waals surface area contributed by atoms with Gasteiger partial charge in [0.2, 0.25) is 0 Å². The van der Waals surface area contributed by atoms with Crippen LogP contribution in [0, 0.1) is 5.92 Å². The Hall–Kier alpha value is -0.770. The first kappa shape index (κ1) is 12.7. The Morgan fingerprint density at radius 1 is 1.24 bits per heavy atom. The minimum absolute atomic E-state index is 0.174. The quantitative estimate of drug-likeness (QED) is 0.702. The van der Waals surface area contributed by atoms with Gasteiger partial charge in [-0.1, -0.05) is 6.92 Å². The number of hydrogen-bond acceptors (Lipinski definition) is 2. The first-order valence-corrected chi connectivity index (χ1v) is 6.73. The first-order valence-electron chi connectivity index (χ1n) is 6.73. The van der Waals surface area contributed by atoms with Crippen molar-refractivity contribution in [3.63, 3.8) is 0 Å². The van der Waals surface area contributed by atoms with Crippen molar-refractivity contribution in [2.75, 3.05) is 26.7 Å². The third-order valence-corrected chi connectivity index (χ3v) is 4.19. The lowest BCUT2D eigenvalue weighted by Crippen LogP contribution is -2.50. The highest BCUT2D eigenvalue weighted by molar-refractivity contribution is 5.74. The van der Waals surface area contributed by atoms with Crippen molar-refractivity contribution in [1.29, 1.82) is 0 Å². The van der Waals surface area contributed by atoms with E-state index in [1.54, 1.807) is 0 Å². The third-order valence-electron chi connectivity index (χ3n) is 4.19. The lowest BCUT2D eigenvalue weighted by molar-refractivity contribution is 0.0784. The fourth-order valence-corrected chi connectivity index (χ4v) is 2.79. The van der Waals surface area contributed by atoms with Gasteiger partial charge in [0.1, 0.15) is 0 Å². The van der Waals surface area contributed by atoms with Crippen LogP contribution in [0.5, 0.6) is 0 Å². The molecule has 0 bridgehead atoms. The van der Waals surface area contributed by atoms with Crippen molar-refractivity contribution in [2.45, 2.75) is 45.3 Å². The minimum atomic E-state index is 0.174. The second-order valence-corrected chi connectivity index (χ2v) is 5.49. The summed E-state index contributed by atoms with van der Waals surface area (Å²) in [7, 11) is 1.91. The minimum Gasteiger partial charge on any atom is -0.376 e. The van der Waals surface area contributed by atoms with Gasteiger partial charge < -0.3 is 14.5 Å². The number of ether oxygens (including phenoxy) is 1. The van der Waals surface area contributed by atoms with Crippen molar-refractivity contribution in [1.82, 2.24) is 9.80 Å². The van der Waals surface area contributed by atoms with Gasteiger partial charge in [0.05, 0.1) is 12.1 Å². The molecular formula is C13H24N2O2. The molecule has 4 nitrogen and oxygen atoms in total. The van der Waals surface area contributed by atoms with E-state index in [1.807, 2.05) is 16.8 Å². The maximum absolute atomic E-state index is 12.3. The zero-order valence-electron chi connectivity index (χ0n) is 11.2. The molecule has 2 heterocycles. The van der Waals surface area contributed by atoms with Gasteiger partial charge in [0.25, 0.3) is 0 Å². The lowest BCUT2D eigenvalue weighted by Gasteiger charge is -2.36. The van der Waals surface area contributed by atoms with Crippen molar-refractivity contribution < 1.29 is 9.53 Å². The van der Waals surface area contributed by atoms with Gasteiger partial charge in [0.15, 0.2) is 0 Å². The highest BCUT2D eigenvalue weighted by Gasteiger charge is 2.33. The average molecular weight is 240 g/mol. The maximum atomic E-state index is 12.3. The number of likely N-dealkylation sites (tertiary alicyclic amines) is 1. The molecule has 0 aromatic rings. The zero-order chi connectivity index (χ0) is 12.4. The molecule has 2 saturated heterocycles. The monoisotopic (exact) mass is 240 g/mol. The maximum Gasteiger partial charge on any atom is 0.320 e. The molecule has 2 atom stereocenters. The SMILES string of the molecule is CC1CCN(C(=O)N(C)C2CCOC2C)CC1. The van der Waals surface area contributed by atoms with Gasteiger partial charge in [0, 0.05) is 26.7 Å². The Kier molecular flexibility index (Phi) is 3.92. The molecule has 17 heavy (non-hydrogen) atoms. The number of urea groups is 1. The molecule has 2 rings (SSSR count). The van der Waals surface area contributed by atoms with Gasteiger partial charge in [-0.15, -0.1) is 0 Å². The van der Waals surface area contributed by atoms with Crippen LogP contribution in [0.4, 0.5) is 4.79 Å². The molecule has 2 aliphatic rings. The second kappa shape index (κ2) is 5.25. The molecular weight excluding hydrogens is 216 g/mol. The fourth-order valence-electron chi connectivity index (χ4n) is 2.79. The van der Waals surface area contributed by atoms with E-state index in [9.17, 15) is 4.79 Å². The van der Waals surface area contributed by atoms with Crippen molar-refractivity contribution in [3.05, 3.63) is 0 Å². The molecule has 0 spiro atoms. The van der Waals surface area contributed by atoms with Crippen LogP contribution in [-0.4, -0.2) is 54.7 Å². The Balaban J connectivity index is 1.90. The summed E-state index contributed by atoms with van der Waals surface area (Å²) >= 11 is 0. The predicted octanol–water partition coefficient (Wildman–Crippen LogP) is 1.95. The number of nitrogens with zero attached hydrogens (tertiary/aromatic N) is 2. The molecule has 2 unspecified atom stereocenters. The van der Waals surface area contributed by atoms with Crippen LogP contribution < -0.4 is 0 Å². The number of carbonyl (C=O) groups is 1. The van der Waals surface area contributed by atoms with E-state index in [2.05, 4.69) is 13.8 Å². The van der Waals surface area contributed by atoms with E-state index in [4.69, 9.17) is 4.74 Å². The first-order chi connectivity index (χ1) is 8.09. The van der Waals surface area contributed by atoms with Crippen LogP contribution in [0.3, 0.4) is 0 Å². The highest BCUT2D eigenvalue weighted by atomic mass is 16.5. The van der Waals surface area contributed by atoms with Gasteiger partial charge >= 0.3 is 6.03 Å². The fraction of sp³-hybridized carbons (Fsp3) is 0.923. The molecule has 0 radical (unpaired) electrons. The van der Waals surface area contributed by atoms with Crippen LogP contribution in [0.25, 0.3) is 0 Å². The van der Waals surface area contributed by atoms with E-state index in [0.29, 0.717) is 0 Å². The van der Waals surface area contributed by atoms with Crippen molar-refractivity contribution >= 4 is 6.03 Å². The van der Waals surface area contributed by atoms with Crippen LogP contribution >= 0.6 is 0 Å². The summed E-state index contributed by atoms with van der Waals surface area (Å²) in [6.07, 6.45) is 3.41. The van der Waals surface area contributed by atoms with Crippen molar-refractivity contribution in [2.24, 2.45) is 5.92 Å². The Morgan fingerprint density at radius 2 is 1.88 bits per heavy atom. The molecule has 98 valence electrons. The number of piperidine rings is 1. The van der Waals surface area contributed by atoms with Crippen LogP contribution in [0.15, 0.2) is 0 Å². The van der Waals surface area contributed by atoms with Gasteiger partial charge in [-0.25, -0.2) is 4.79 Å². The molecule has 0 aliphatic carbocycles. The molecule has 2 amide bonds. The number of carbonyl (C=O) groups excluding carboxylic acids is 1. The standard InChI is InChI=1S/C13H24N2O2/c1-10-4-7-15(8-5-10)13(16)14(3)12-6-9-17-11(12)2/h10-12H,4-9H2,1-3H3. The molecule has 0 aromatic carbocycles. The molecule has 2 fully saturated rings. The highest BCUT2D eigenvalue weighted by Crippen LogP contribution is 2.22. The van der Waals surface area contributed by atoms with Crippen molar-refractivity contribution in [3.8, 4) is 0 Å². The largest absolute Gasteiger partial charge is 0.376 e. The number of likely N-dealkylation sites (N-methyl/N-ethyl adjacent to an activating group) is 1. The van der Waals surface area contributed by atoms with E-state index >= 15 is 0 Å². The van der Waals surface area contributed by atoms with Crippen LogP contribution in [-0.2, 0) is 4.74 Å². The number of amides is 2. The summed E-state index contributed by atoms with van der Waals surface area (Å²) in [6, 6.07) is 0.432. The summed E-state index contributed by atoms with van der Waals surface area (Å²) in [5, 5.41) is 0. The average Bonchev–Trinajstić information content (AvgIpc) is 2.74. The summed E-state index contributed by atoms with van der Waals surface area (Å²) in [4.78, 5) is 16.2. The molecule has 0 aromatic heterocycles. The Bertz CT molecular complexity index is 275. The van der Waals surface area contributed by atoms with E-state index < -0.39 is 0 Å². The van der Waals surface area contributed by atoms with Gasteiger partial charge in [-0.05, 0) is 32.1 Å². The summed E-state index contributed by atoms with van der Waals surface area (Å²) < 4.78 is 5.53. The normalized spacial score (nSPS) is 30.6. The second-order valence-electron chi connectivity index (χ2n) is 5.49. The third kappa shape index (κ3) is 2.73. The van der Waals surface area contributed by atoms with Gasteiger partial charge in [-0.3, -0.25) is 0 Å². The van der Waals surface area contributed by atoms with E-state index in [-0.39, 0.29) is 18.2 Å². The van der Waals surface area contributed by atoms with Crippen LogP contribution in [0.1, 0.15) is 33.1 Å². The topological polar surface area (TPSA) is 32.8 Å². The summed E-state index contributed by atoms with van der Waals surface area (Å²) in [5.74, 6) is 0.762. The Morgan fingerprint density at radius 3 is 2.41 bits per heavy atom. The predicted molar refractivity (Wildman–Crippen MR) is 66.9 cm³/mol.